The molecule has 90 valence electrons. The molecule has 1 aliphatic carbocycles. The zero-order valence-corrected chi connectivity index (χ0v) is 10.4. The van der Waals surface area contributed by atoms with Crippen LogP contribution in [0.5, 0.6) is 0 Å². The van der Waals surface area contributed by atoms with Crippen molar-refractivity contribution in [1.29, 1.82) is 0 Å². The zero-order chi connectivity index (χ0) is 11.8. The van der Waals surface area contributed by atoms with E-state index in [4.69, 9.17) is 0 Å². The quantitative estimate of drug-likeness (QED) is 0.723. The van der Waals surface area contributed by atoms with Crippen LogP contribution in [0.4, 0.5) is 5.69 Å². The Labute approximate surface area is 103 Å². The molecule has 1 amide bonds. The SMILES string of the molecule is Cc1ccc(N2C(=O)CCC3CCCC32)cc1. The minimum Gasteiger partial charge on any atom is -0.309 e. The average Bonchev–Trinajstić information content (AvgIpc) is 2.79. The summed E-state index contributed by atoms with van der Waals surface area (Å²) in [6.07, 6.45) is 5.61. The van der Waals surface area contributed by atoms with Gasteiger partial charge in [-0.3, -0.25) is 4.79 Å². The number of carbonyl (C=O) groups excluding carboxylic acids is 1. The maximum Gasteiger partial charge on any atom is 0.227 e. The van der Waals surface area contributed by atoms with Crippen LogP contribution in [0.15, 0.2) is 24.3 Å². The van der Waals surface area contributed by atoms with Gasteiger partial charge in [0.25, 0.3) is 0 Å². The van der Waals surface area contributed by atoms with Crippen LogP contribution in [0.2, 0.25) is 0 Å². The Balaban J connectivity index is 1.93. The lowest BCUT2D eigenvalue weighted by atomic mass is 9.91. The molecule has 0 bridgehead atoms. The molecule has 0 N–H and O–H groups in total. The van der Waals surface area contributed by atoms with Crippen molar-refractivity contribution in [2.75, 3.05) is 4.90 Å². The summed E-state index contributed by atoms with van der Waals surface area (Å²) in [7, 11) is 0. The van der Waals surface area contributed by atoms with Crippen LogP contribution >= 0.6 is 0 Å². The molecule has 1 aromatic carbocycles. The van der Waals surface area contributed by atoms with Crippen molar-refractivity contribution in [3.05, 3.63) is 29.8 Å². The molecule has 1 heterocycles. The predicted molar refractivity (Wildman–Crippen MR) is 69.0 cm³/mol. The van der Waals surface area contributed by atoms with E-state index in [9.17, 15) is 4.79 Å². The Morgan fingerprint density at radius 2 is 1.88 bits per heavy atom. The number of rotatable bonds is 1. The number of aryl methyl sites for hydroxylation is 1. The van der Waals surface area contributed by atoms with Crippen molar-refractivity contribution in [3.8, 4) is 0 Å². The predicted octanol–water partition coefficient (Wildman–Crippen LogP) is 3.29. The van der Waals surface area contributed by atoms with E-state index in [1.54, 1.807) is 0 Å². The molecule has 1 saturated carbocycles. The fourth-order valence-corrected chi connectivity index (χ4v) is 3.35. The topological polar surface area (TPSA) is 20.3 Å². The molecule has 1 aliphatic heterocycles. The van der Waals surface area contributed by atoms with Gasteiger partial charge in [-0.05, 0) is 44.2 Å². The molecule has 3 rings (SSSR count). The van der Waals surface area contributed by atoms with Gasteiger partial charge in [0.05, 0.1) is 0 Å². The third kappa shape index (κ3) is 1.86. The van der Waals surface area contributed by atoms with E-state index in [0.717, 1.165) is 24.4 Å². The molecule has 0 spiro atoms. The molecular formula is C15H19NO. The van der Waals surface area contributed by atoms with Gasteiger partial charge < -0.3 is 4.90 Å². The lowest BCUT2D eigenvalue weighted by molar-refractivity contribution is -0.120. The van der Waals surface area contributed by atoms with Gasteiger partial charge in [-0.25, -0.2) is 0 Å². The van der Waals surface area contributed by atoms with Gasteiger partial charge >= 0.3 is 0 Å². The van der Waals surface area contributed by atoms with Crippen LogP contribution in [-0.4, -0.2) is 11.9 Å². The van der Waals surface area contributed by atoms with E-state index >= 15 is 0 Å². The minimum absolute atomic E-state index is 0.317. The third-order valence-electron chi connectivity index (χ3n) is 4.26. The summed E-state index contributed by atoms with van der Waals surface area (Å²) in [6.45, 7) is 2.08. The second kappa shape index (κ2) is 4.17. The Morgan fingerprint density at radius 1 is 1.12 bits per heavy atom. The van der Waals surface area contributed by atoms with Crippen LogP contribution in [0.1, 0.15) is 37.7 Å². The molecule has 2 aliphatic rings. The minimum atomic E-state index is 0.317. The van der Waals surface area contributed by atoms with Crippen molar-refractivity contribution in [1.82, 2.24) is 0 Å². The van der Waals surface area contributed by atoms with Crippen LogP contribution in [-0.2, 0) is 4.79 Å². The fraction of sp³-hybridized carbons (Fsp3) is 0.533. The fourth-order valence-electron chi connectivity index (χ4n) is 3.35. The number of benzene rings is 1. The first kappa shape index (κ1) is 10.8. The van der Waals surface area contributed by atoms with Gasteiger partial charge in [0.2, 0.25) is 5.91 Å². The van der Waals surface area contributed by atoms with Crippen molar-refractivity contribution in [3.63, 3.8) is 0 Å². The van der Waals surface area contributed by atoms with Gasteiger partial charge in [0, 0.05) is 18.2 Å². The van der Waals surface area contributed by atoms with Crippen molar-refractivity contribution in [2.45, 2.75) is 45.1 Å². The average molecular weight is 229 g/mol. The van der Waals surface area contributed by atoms with Crippen LogP contribution in [0.3, 0.4) is 0 Å². The number of hydrogen-bond donors (Lipinski definition) is 0. The summed E-state index contributed by atoms with van der Waals surface area (Å²) in [5, 5.41) is 0. The Hall–Kier alpha value is -1.31. The van der Waals surface area contributed by atoms with Gasteiger partial charge in [-0.15, -0.1) is 0 Å². The number of amides is 1. The van der Waals surface area contributed by atoms with Gasteiger partial charge in [-0.2, -0.15) is 0 Å². The summed E-state index contributed by atoms with van der Waals surface area (Å²) >= 11 is 0. The standard InChI is InChI=1S/C15H19NO/c1-11-5-8-13(9-6-11)16-14-4-2-3-12(14)7-10-15(16)17/h5-6,8-9,12,14H,2-4,7,10H2,1H3. The Morgan fingerprint density at radius 3 is 2.65 bits per heavy atom. The van der Waals surface area contributed by atoms with E-state index in [1.165, 1.54) is 24.8 Å². The highest BCUT2D eigenvalue weighted by Crippen LogP contribution is 2.39. The normalized spacial score (nSPS) is 28.3. The lowest BCUT2D eigenvalue weighted by Gasteiger charge is -2.37. The van der Waals surface area contributed by atoms with E-state index < -0.39 is 0 Å². The van der Waals surface area contributed by atoms with E-state index in [-0.39, 0.29) is 0 Å². The maximum absolute atomic E-state index is 12.1. The largest absolute Gasteiger partial charge is 0.309 e. The molecule has 2 fully saturated rings. The number of anilines is 1. The third-order valence-corrected chi connectivity index (χ3v) is 4.26. The summed E-state index contributed by atoms with van der Waals surface area (Å²) in [6, 6.07) is 8.85. The molecule has 2 unspecified atom stereocenters. The first-order valence-electron chi connectivity index (χ1n) is 6.64. The number of nitrogens with zero attached hydrogens (tertiary/aromatic N) is 1. The van der Waals surface area contributed by atoms with Gasteiger partial charge in [0.15, 0.2) is 0 Å². The van der Waals surface area contributed by atoms with Gasteiger partial charge in [-0.1, -0.05) is 24.1 Å². The zero-order valence-electron chi connectivity index (χ0n) is 10.4. The van der Waals surface area contributed by atoms with Crippen LogP contribution in [0, 0.1) is 12.8 Å². The summed E-state index contributed by atoms with van der Waals surface area (Å²) in [4.78, 5) is 14.2. The molecule has 0 radical (unpaired) electrons. The van der Waals surface area contributed by atoms with Crippen molar-refractivity contribution in [2.24, 2.45) is 5.92 Å². The van der Waals surface area contributed by atoms with Crippen molar-refractivity contribution < 1.29 is 4.79 Å². The maximum atomic E-state index is 12.1. The highest BCUT2D eigenvalue weighted by molar-refractivity contribution is 5.94. The molecule has 17 heavy (non-hydrogen) atoms. The second-order valence-electron chi connectivity index (χ2n) is 5.40. The summed E-state index contributed by atoms with van der Waals surface area (Å²) < 4.78 is 0. The molecule has 2 heteroatoms. The highest BCUT2D eigenvalue weighted by atomic mass is 16.2. The Bertz CT molecular complexity index is 423. The number of fused-ring (bicyclic) bond motifs is 1. The Kier molecular flexibility index (Phi) is 2.65. The molecule has 2 atom stereocenters. The lowest BCUT2D eigenvalue weighted by Crippen LogP contribution is -2.46. The second-order valence-corrected chi connectivity index (χ2v) is 5.40. The molecule has 1 saturated heterocycles. The number of hydrogen-bond acceptors (Lipinski definition) is 1. The first-order valence-corrected chi connectivity index (χ1v) is 6.64. The highest BCUT2D eigenvalue weighted by Gasteiger charge is 2.39. The first-order chi connectivity index (χ1) is 8.25. The van der Waals surface area contributed by atoms with E-state index in [0.29, 0.717) is 11.9 Å². The molecule has 0 aromatic heterocycles. The van der Waals surface area contributed by atoms with Crippen molar-refractivity contribution >= 4 is 11.6 Å². The smallest absolute Gasteiger partial charge is 0.227 e. The molecular weight excluding hydrogens is 210 g/mol. The van der Waals surface area contributed by atoms with Crippen LogP contribution < -0.4 is 4.90 Å². The monoisotopic (exact) mass is 229 g/mol. The summed E-state index contributed by atoms with van der Waals surface area (Å²) in [5.41, 5.74) is 2.35. The molecule has 1 aromatic rings. The van der Waals surface area contributed by atoms with E-state index in [2.05, 4.69) is 36.1 Å². The summed E-state index contributed by atoms with van der Waals surface area (Å²) in [5.74, 6) is 1.06. The van der Waals surface area contributed by atoms with Gasteiger partial charge in [0.1, 0.15) is 0 Å². The number of carbonyl (C=O) groups is 1. The number of piperidine rings is 1. The van der Waals surface area contributed by atoms with Crippen LogP contribution in [0.25, 0.3) is 0 Å². The van der Waals surface area contributed by atoms with E-state index in [1.807, 2.05) is 0 Å². The molecule has 2 nitrogen and oxygen atoms in total.